The van der Waals surface area contributed by atoms with E-state index in [-0.39, 0.29) is 11.3 Å². The molecule has 2 fully saturated rings. The molecule has 98 valence electrons. The molecule has 0 spiro atoms. The van der Waals surface area contributed by atoms with Gasteiger partial charge in [0.25, 0.3) is 0 Å². The zero-order chi connectivity index (χ0) is 12.5. The maximum atomic E-state index is 11.9. The number of amides is 1. The first-order valence-electron chi connectivity index (χ1n) is 6.83. The molecule has 2 aliphatic carbocycles. The highest BCUT2D eigenvalue weighted by molar-refractivity contribution is 6.18. The lowest BCUT2D eigenvalue weighted by Gasteiger charge is -2.24. The molecule has 17 heavy (non-hydrogen) atoms. The van der Waals surface area contributed by atoms with Crippen LogP contribution in [0, 0.1) is 23.2 Å². The second kappa shape index (κ2) is 5.17. The quantitative estimate of drug-likeness (QED) is 0.753. The first-order valence-corrected chi connectivity index (χ1v) is 7.36. The van der Waals surface area contributed by atoms with Gasteiger partial charge in [-0.1, -0.05) is 20.3 Å². The van der Waals surface area contributed by atoms with E-state index < -0.39 is 0 Å². The normalized spacial score (nSPS) is 31.8. The van der Waals surface area contributed by atoms with Crippen molar-refractivity contribution >= 4 is 17.5 Å². The highest BCUT2D eigenvalue weighted by atomic mass is 35.5. The monoisotopic (exact) mass is 257 g/mol. The number of halogens is 1. The van der Waals surface area contributed by atoms with Crippen molar-refractivity contribution in [2.45, 2.75) is 46.0 Å². The van der Waals surface area contributed by atoms with Gasteiger partial charge in [-0.25, -0.2) is 0 Å². The molecule has 1 amide bonds. The Balaban J connectivity index is 1.71. The predicted molar refractivity (Wildman–Crippen MR) is 71.1 cm³/mol. The van der Waals surface area contributed by atoms with Gasteiger partial charge in [0.15, 0.2) is 0 Å². The summed E-state index contributed by atoms with van der Waals surface area (Å²) in [5, 5.41) is 3.04. The molecule has 0 heterocycles. The van der Waals surface area contributed by atoms with Crippen LogP contribution < -0.4 is 5.32 Å². The zero-order valence-electron chi connectivity index (χ0n) is 11.0. The van der Waals surface area contributed by atoms with Gasteiger partial charge >= 0.3 is 0 Å². The van der Waals surface area contributed by atoms with Crippen molar-refractivity contribution in [2.75, 3.05) is 12.4 Å². The Morgan fingerprint density at radius 1 is 1.35 bits per heavy atom. The van der Waals surface area contributed by atoms with Crippen molar-refractivity contribution in [2.24, 2.45) is 23.2 Å². The summed E-state index contributed by atoms with van der Waals surface area (Å²) in [6.07, 6.45) is 6.17. The molecule has 3 atom stereocenters. The van der Waals surface area contributed by atoms with E-state index in [0.29, 0.717) is 18.3 Å². The third-order valence-corrected chi connectivity index (χ3v) is 5.18. The number of hydrogen-bond acceptors (Lipinski definition) is 1. The van der Waals surface area contributed by atoms with Gasteiger partial charge in [-0.05, 0) is 42.4 Å². The fraction of sp³-hybridized carbons (Fsp3) is 0.929. The number of carbonyl (C=O) groups excluding carboxylic acids is 1. The summed E-state index contributed by atoms with van der Waals surface area (Å²) in [5.74, 6) is 3.24. The molecule has 2 rings (SSSR count). The fourth-order valence-electron chi connectivity index (χ4n) is 3.32. The molecule has 0 radical (unpaired) electrons. The smallest absolute Gasteiger partial charge is 0.220 e. The SMILES string of the molecule is CC(C)(CCl)CNC(=O)CC1CC2CCC1C2. The zero-order valence-corrected chi connectivity index (χ0v) is 11.7. The maximum absolute atomic E-state index is 11.9. The first-order chi connectivity index (χ1) is 8.00. The Morgan fingerprint density at radius 3 is 2.65 bits per heavy atom. The highest BCUT2D eigenvalue weighted by Gasteiger charge is 2.40. The van der Waals surface area contributed by atoms with Crippen LogP contribution in [0.3, 0.4) is 0 Å². The van der Waals surface area contributed by atoms with Crippen LogP contribution in [0.5, 0.6) is 0 Å². The van der Waals surface area contributed by atoms with E-state index >= 15 is 0 Å². The van der Waals surface area contributed by atoms with Crippen LogP contribution in [0.25, 0.3) is 0 Å². The van der Waals surface area contributed by atoms with E-state index in [4.69, 9.17) is 11.6 Å². The largest absolute Gasteiger partial charge is 0.356 e. The van der Waals surface area contributed by atoms with Gasteiger partial charge in [-0.2, -0.15) is 0 Å². The number of nitrogens with one attached hydrogen (secondary N) is 1. The van der Waals surface area contributed by atoms with Crippen molar-refractivity contribution in [3.05, 3.63) is 0 Å². The number of rotatable bonds is 5. The number of hydrogen-bond donors (Lipinski definition) is 1. The molecule has 2 bridgehead atoms. The Hall–Kier alpha value is -0.240. The van der Waals surface area contributed by atoms with Crippen LogP contribution in [-0.4, -0.2) is 18.3 Å². The van der Waals surface area contributed by atoms with Crippen LogP contribution >= 0.6 is 11.6 Å². The topological polar surface area (TPSA) is 29.1 Å². The Morgan fingerprint density at radius 2 is 2.12 bits per heavy atom. The molecular weight excluding hydrogens is 234 g/mol. The van der Waals surface area contributed by atoms with Gasteiger partial charge in [0, 0.05) is 18.8 Å². The van der Waals surface area contributed by atoms with Crippen LogP contribution in [0.4, 0.5) is 0 Å². The summed E-state index contributed by atoms with van der Waals surface area (Å²) < 4.78 is 0. The molecule has 0 aliphatic heterocycles. The first kappa shape index (κ1) is 13.2. The Kier molecular flexibility index (Phi) is 4.02. The molecular formula is C14H24ClNO. The van der Waals surface area contributed by atoms with Gasteiger partial charge in [-0.3, -0.25) is 4.79 Å². The van der Waals surface area contributed by atoms with Crippen molar-refractivity contribution < 1.29 is 4.79 Å². The van der Waals surface area contributed by atoms with Gasteiger partial charge < -0.3 is 5.32 Å². The van der Waals surface area contributed by atoms with Gasteiger partial charge in [0.2, 0.25) is 5.91 Å². The molecule has 2 saturated carbocycles. The number of carbonyl (C=O) groups is 1. The lowest BCUT2D eigenvalue weighted by molar-refractivity contribution is -0.122. The molecule has 3 unspecified atom stereocenters. The lowest BCUT2D eigenvalue weighted by atomic mass is 9.86. The minimum atomic E-state index is 0.00585. The second-order valence-corrected chi connectivity index (χ2v) is 6.98. The van der Waals surface area contributed by atoms with Crippen molar-refractivity contribution in [3.8, 4) is 0 Å². The molecule has 0 aromatic heterocycles. The minimum absolute atomic E-state index is 0.00585. The average Bonchev–Trinajstić information content (AvgIpc) is 2.88. The second-order valence-electron chi connectivity index (χ2n) is 6.71. The summed E-state index contributed by atoms with van der Waals surface area (Å²) in [5.41, 5.74) is 0.00585. The van der Waals surface area contributed by atoms with Crippen LogP contribution in [0.2, 0.25) is 0 Å². The predicted octanol–water partition coefficient (Wildman–Crippen LogP) is 3.19. The third kappa shape index (κ3) is 3.37. The van der Waals surface area contributed by atoms with E-state index in [0.717, 1.165) is 18.3 Å². The van der Waals surface area contributed by atoms with E-state index in [1.54, 1.807) is 0 Å². The summed E-state index contributed by atoms with van der Waals surface area (Å²) in [7, 11) is 0. The van der Waals surface area contributed by atoms with Crippen molar-refractivity contribution in [3.63, 3.8) is 0 Å². The molecule has 1 N–H and O–H groups in total. The average molecular weight is 258 g/mol. The van der Waals surface area contributed by atoms with Crippen LogP contribution in [0.15, 0.2) is 0 Å². The fourth-order valence-corrected chi connectivity index (χ4v) is 3.42. The maximum Gasteiger partial charge on any atom is 0.220 e. The number of alkyl halides is 1. The van der Waals surface area contributed by atoms with E-state index in [1.165, 1.54) is 25.7 Å². The lowest BCUT2D eigenvalue weighted by Crippen LogP contribution is -2.36. The summed E-state index contributed by atoms with van der Waals surface area (Å²) in [6.45, 7) is 4.85. The molecule has 3 heteroatoms. The third-order valence-electron chi connectivity index (χ3n) is 4.46. The van der Waals surface area contributed by atoms with Crippen LogP contribution in [-0.2, 0) is 4.79 Å². The minimum Gasteiger partial charge on any atom is -0.356 e. The Bertz CT molecular complexity index is 290. The standard InChI is InChI=1S/C14H24ClNO/c1-14(2,8-15)9-16-13(17)7-12-6-10-3-4-11(12)5-10/h10-12H,3-9H2,1-2H3,(H,16,17). The molecule has 0 aromatic rings. The van der Waals surface area contributed by atoms with Crippen molar-refractivity contribution in [1.82, 2.24) is 5.32 Å². The summed E-state index contributed by atoms with van der Waals surface area (Å²) >= 11 is 5.85. The molecule has 2 nitrogen and oxygen atoms in total. The van der Waals surface area contributed by atoms with Crippen molar-refractivity contribution in [1.29, 1.82) is 0 Å². The summed E-state index contributed by atoms with van der Waals surface area (Å²) in [4.78, 5) is 11.9. The highest BCUT2D eigenvalue weighted by Crippen LogP contribution is 2.49. The van der Waals surface area contributed by atoms with Crippen LogP contribution in [0.1, 0.15) is 46.0 Å². The van der Waals surface area contributed by atoms with Gasteiger partial charge in [0.05, 0.1) is 0 Å². The molecule has 0 saturated heterocycles. The van der Waals surface area contributed by atoms with E-state index in [9.17, 15) is 4.79 Å². The molecule has 2 aliphatic rings. The van der Waals surface area contributed by atoms with E-state index in [1.807, 2.05) is 0 Å². The summed E-state index contributed by atoms with van der Waals surface area (Å²) in [6, 6.07) is 0. The Labute approximate surface area is 109 Å². The van der Waals surface area contributed by atoms with Gasteiger partial charge in [-0.15, -0.1) is 11.6 Å². The number of fused-ring (bicyclic) bond motifs is 2. The van der Waals surface area contributed by atoms with E-state index in [2.05, 4.69) is 19.2 Å². The van der Waals surface area contributed by atoms with Gasteiger partial charge in [0.1, 0.15) is 0 Å². The molecule has 0 aromatic carbocycles.